The zero-order valence-electron chi connectivity index (χ0n) is 24.1. The van der Waals surface area contributed by atoms with Crippen molar-refractivity contribution in [3.63, 3.8) is 0 Å². The monoisotopic (exact) mass is 730 g/mol. The lowest BCUT2D eigenvalue weighted by Gasteiger charge is -2.13. The van der Waals surface area contributed by atoms with Gasteiger partial charge in [-0.25, -0.2) is 9.59 Å². The summed E-state index contributed by atoms with van der Waals surface area (Å²) in [6.45, 7) is 0. The maximum absolute atomic E-state index is 12.4. The first-order valence-corrected chi connectivity index (χ1v) is 16.0. The molecule has 0 bridgehead atoms. The van der Waals surface area contributed by atoms with Crippen molar-refractivity contribution in [2.45, 2.75) is 0 Å². The average molecular weight is 732 g/mol. The Kier molecular flexibility index (Phi) is 8.13. The van der Waals surface area contributed by atoms with E-state index in [2.05, 4.69) is 31.9 Å². The molecular weight excluding hydrogens is 708 g/mol. The molecule has 4 aliphatic heterocycles. The highest BCUT2D eigenvalue weighted by molar-refractivity contribution is 9.10. The van der Waals surface area contributed by atoms with Crippen LogP contribution in [0.5, 0.6) is 0 Å². The number of rotatable bonds is 4. The number of nitrogens with zero attached hydrogens (tertiary/aromatic N) is 2. The van der Waals surface area contributed by atoms with E-state index in [9.17, 15) is 9.59 Å². The van der Waals surface area contributed by atoms with Crippen LogP contribution < -0.4 is 11.3 Å². The van der Waals surface area contributed by atoms with Gasteiger partial charge >= 0.3 is 11.3 Å². The van der Waals surface area contributed by atoms with Crippen molar-refractivity contribution in [1.82, 2.24) is 9.13 Å². The van der Waals surface area contributed by atoms with Gasteiger partial charge in [-0.15, -0.1) is 0 Å². The normalized spacial score (nSPS) is 11.0. The molecule has 0 saturated heterocycles. The highest BCUT2D eigenvalue weighted by atomic mass is 79.9. The molecule has 0 aliphatic carbocycles. The van der Waals surface area contributed by atoms with Crippen molar-refractivity contribution in [3.05, 3.63) is 176 Å². The smallest absolute Gasteiger partial charge is 0.346 e. The average Bonchev–Trinajstić information content (AvgIpc) is 3.61. The summed E-state index contributed by atoms with van der Waals surface area (Å²) >= 11 is 6.83. The van der Waals surface area contributed by atoms with Gasteiger partial charge in [-0.3, -0.25) is 0 Å². The summed E-state index contributed by atoms with van der Waals surface area (Å²) in [5.41, 5.74) is 5.86. The fourth-order valence-corrected chi connectivity index (χ4v) is 5.94. The van der Waals surface area contributed by atoms with Gasteiger partial charge in [-0.2, -0.15) is 0 Å². The summed E-state index contributed by atoms with van der Waals surface area (Å²) in [5, 5.41) is 0. The molecule has 0 aromatic heterocycles. The Balaban J connectivity index is 0.000000147. The zero-order valence-corrected chi connectivity index (χ0v) is 27.3. The summed E-state index contributed by atoms with van der Waals surface area (Å²) in [6, 6.07) is 40.8. The summed E-state index contributed by atoms with van der Waals surface area (Å²) in [4.78, 5) is 24.7. The number of para-hydroxylation sites is 2. The van der Waals surface area contributed by atoms with Crippen molar-refractivity contribution >= 4 is 31.9 Å². The van der Waals surface area contributed by atoms with Crippen LogP contribution in [0.2, 0.25) is 0 Å². The Bertz CT molecular complexity index is 2300. The third-order valence-corrected chi connectivity index (χ3v) is 8.61. The Labute approximate surface area is 280 Å². The van der Waals surface area contributed by atoms with Gasteiger partial charge in [0.2, 0.25) is 0 Å². The van der Waals surface area contributed by atoms with Crippen molar-refractivity contribution in [3.8, 4) is 56.4 Å². The van der Waals surface area contributed by atoms with E-state index in [1.165, 1.54) is 0 Å². The zero-order chi connectivity index (χ0) is 31.6. The highest BCUT2D eigenvalue weighted by Gasteiger charge is 2.23. The SMILES string of the molecule is O=c1oc2cccn(-c3ccccc3)c-2c1-c1ccc(Br)cc1.O=c1oc2cn(-c3ccccc3)ccc-2c1-c1ccc(Br)cc1. The van der Waals surface area contributed by atoms with E-state index in [-0.39, 0.29) is 11.3 Å². The molecule has 0 fully saturated rings. The van der Waals surface area contributed by atoms with Crippen molar-refractivity contribution in [2.24, 2.45) is 0 Å². The maximum Gasteiger partial charge on any atom is 0.346 e. The minimum Gasteiger partial charge on any atom is -0.421 e. The lowest BCUT2D eigenvalue weighted by Crippen LogP contribution is -2.02. The molecule has 4 aromatic carbocycles. The maximum atomic E-state index is 12.4. The van der Waals surface area contributed by atoms with Crippen LogP contribution in [0.1, 0.15) is 0 Å². The topological polar surface area (TPSA) is 70.3 Å². The van der Waals surface area contributed by atoms with Crippen LogP contribution in [0.25, 0.3) is 56.4 Å². The second kappa shape index (κ2) is 12.7. The first kappa shape index (κ1) is 29.5. The fraction of sp³-hybridized carbons (Fsp3) is 0. The largest absolute Gasteiger partial charge is 0.421 e. The highest BCUT2D eigenvalue weighted by Crippen LogP contribution is 2.35. The molecule has 0 spiro atoms. The van der Waals surface area contributed by atoms with E-state index in [0.717, 1.165) is 42.7 Å². The Morgan fingerprint density at radius 3 is 1.67 bits per heavy atom. The number of aromatic nitrogens is 2. The first-order chi connectivity index (χ1) is 22.5. The third kappa shape index (κ3) is 5.80. The minimum absolute atomic E-state index is 0.312. The molecule has 0 radical (unpaired) electrons. The molecule has 0 atom stereocenters. The molecule has 4 aromatic rings. The van der Waals surface area contributed by atoms with Gasteiger partial charge in [-0.05, 0) is 77.9 Å². The van der Waals surface area contributed by atoms with Crippen LogP contribution in [0, 0.1) is 0 Å². The Hall–Kier alpha value is -5.18. The van der Waals surface area contributed by atoms with Crippen molar-refractivity contribution in [1.29, 1.82) is 0 Å². The number of furan rings is 2. The molecule has 8 rings (SSSR count). The minimum atomic E-state index is -0.321. The van der Waals surface area contributed by atoms with Crippen LogP contribution in [0.3, 0.4) is 0 Å². The predicted octanol–water partition coefficient (Wildman–Crippen LogP) is 9.93. The summed E-state index contributed by atoms with van der Waals surface area (Å²) in [5.74, 6) is 1.17. The van der Waals surface area contributed by atoms with E-state index in [4.69, 9.17) is 8.83 Å². The van der Waals surface area contributed by atoms with Gasteiger partial charge in [0, 0.05) is 38.3 Å². The second-order valence-electron chi connectivity index (χ2n) is 10.4. The summed E-state index contributed by atoms with van der Waals surface area (Å²) < 4.78 is 16.8. The van der Waals surface area contributed by atoms with Crippen LogP contribution in [0.4, 0.5) is 0 Å². The molecule has 0 saturated carbocycles. The molecule has 0 unspecified atom stereocenters. The lowest BCUT2D eigenvalue weighted by atomic mass is 10.0. The number of hydrogen-bond acceptors (Lipinski definition) is 4. The van der Waals surface area contributed by atoms with Gasteiger partial charge in [0.1, 0.15) is 5.69 Å². The van der Waals surface area contributed by atoms with E-state index in [1.807, 2.05) is 155 Å². The number of pyridine rings is 2. The standard InChI is InChI=1S/2C19H12BrNO2/c20-14-10-8-13(9-11-14)17-18-16(23-19(17)22)7-4-12-21(18)15-5-2-1-3-6-15;20-14-8-6-13(7-9-14)18-16-10-11-21(12-17(16)23-19(18)22)15-4-2-1-3-5-15/h2*1-12H. The van der Waals surface area contributed by atoms with Gasteiger partial charge < -0.3 is 18.0 Å². The molecule has 0 amide bonds. The fourth-order valence-electron chi connectivity index (χ4n) is 5.41. The van der Waals surface area contributed by atoms with E-state index in [1.54, 1.807) is 0 Å². The number of halogens is 2. The van der Waals surface area contributed by atoms with Crippen LogP contribution in [-0.2, 0) is 0 Å². The van der Waals surface area contributed by atoms with E-state index in [0.29, 0.717) is 22.6 Å². The Morgan fingerprint density at radius 2 is 1.04 bits per heavy atom. The van der Waals surface area contributed by atoms with E-state index < -0.39 is 0 Å². The predicted molar refractivity (Wildman–Crippen MR) is 188 cm³/mol. The molecule has 8 heteroatoms. The summed E-state index contributed by atoms with van der Waals surface area (Å²) in [7, 11) is 0. The molecule has 0 N–H and O–H groups in total. The van der Waals surface area contributed by atoms with Crippen LogP contribution in [-0.4, -0.2) is 9.13 Å². The van der Waals surface area contributed by atoms with Crippen molar-refractivity contribution < 1.29 is 8.83 Å². The van der Waals surface area contributed by atoms with E-state index >= 15 is 0 Å². The van der Waals surface area contributed by atoms with Gasteiger partial charge in [0.05, 0.1) is 17.3 Å². The number of fused-ring (bicyclic) bond motifs is 2. The second-order valence-corrected chi connectivity index (χ2v) is 12.3. The summed E-state index contributed by atoms with van der Waals surface area (Å²) in [6.07, 6.45) is 5.72. The van der Waals surface area contributed by atoms with Crippen LogP contribution in [0.15, 0.2) is 173 Å². The van der Waals surface area contributed by atoms with Crippen molar-refractivity contribution in [2.75, 3.05) is 0 Å². The first-order valence-electron chi connectivity index (χ1n) is 14.4. The van der Waals surface area contributed by atoms with Gasteiger partial charge in [0.15, 0.2) is 11.5 Å². The van der Waals surface area contributed by atoms with Crippen LogP contribution >= 0.6 is 31.9 Å². The number of hydrogen-bond donors (Lipinski definition) is 0. The molecule has 46 heavy (non-hydrogen) atoms. The molecule has 4 heterocycles. The Morgan fingerprint density at radius 1 is 0.500 bits per heavy atom. The quantitative estimate of drug-likeness (QED) is 0.181. The number of benzene rings is 4. The molecular formula is C38H24Br2N2O4. The molecule has 4 aliphatic rings. The lowest BCUT2D eigenvalue weighted by molar-refractivity contribution is 0.542. The third-order valence-electron chi connectivity index (χ3n) is 7.55. The molecule has 6 nitrogen and oxygen atoms in total. The van der Waals surface area contributed by atoms with Gasteiger partial charge in [-0.1, -0.05) is 92.5 Å². The molecule has 224 valence electrons. The van der Waals surface area contributed by atoms with Gasteiger partial charge in [0.25, 0.3) is 0 Å².